The molecule has 0 bridgehead atoms. The molecule has 110 valence electrons. The van der Waals surface area contributed by atoms with E-state index in [0.29, 0.717) is 19.4 Å². The van der Waals surface area contributed by atoms with Gasteiger partial charge < -0.3 is 10.4 Å². The minimum Gasteiger partial charge on any atom is -0.391 e. The molecule has 2 rings (SSSR count). The summed E-state index contributed by atoms with van der Waals surface area (Å²) in [7, 11) is 0. The SMILES string of the molecule is O=C(CCc1ccccc1)NCC(O)Cc1ccccc1. The average molecular weight is 283 g/mol. The molecular weight excluding hydrogens is 262 g/mol. The quantitative estimate of drug-likeness (QED) is 0.819. The van der Waals surface area contributed by atoms with E-state index in [9.17, 15) is 9.90 Å². The van der Waals surface area contributed by atoms with E-state index in [1.165, 1.54) is 0 Å². The number of rotatable bonds is 7. The van der Waals surface area contributed by atoms with Gasteiger partial charge in [-0.25, -0.2) is 0 Å². The summed E-state index contributed by atoms with van der Waals surface area (Å²) in [5.74, 6) is -0.0223. The van der Waals surface area contributed by atoms with Crippen molar-refractivity contribution in [3.05, 3.63) is 71.8 Å². The van der Waals surface area contributed by atoms with Crippen LogP contribution in [0.1, 0.15) is 17.5 Å². The maximum absolute atomic E-state index is 11.8. The number of aliphatic hydroxyl groups excluding tert-OH is 1. The molecule has 21 heavy (non-hydrogen) atoms. The molecule has 0 radical (unpaired) electrons. The van der Waals surface area contributed by atoms with Gasteiger partial charge in [0.15, 0.2) is 0 Å². The minimum absolute atomic E-state index is 0.0223. The van der Waals surface area contributed by atoms with Crippen LogP contribution >= 0.6 is 0 Å². The molecule has 3 nitrogen and oxygen atoms in total. The van der Waals surface area contributed by atoms with E-state index < -0.39 is 6.10 Å². The Morgan fingerprint density at radius 3 is 2.14 bits per heavy atom. The average Bonchev–Trinajstić information content (AvgIpc) is 2.53. The molecule has 0 fully saturated rings. The second-order valence-electron chi connectivity index (χ2n) is 5.13. The molecule has 0 aromatic heterocycles. The third kappa shape index (κ3) is 5.79. The van der Waals surface area contributed by atoms with Crippen LogP contribution in [0.15, 0.2) is 60.7 Å². The van der Waals surface area contributed by atoms with Crippen molar-refractivity contribution in [3.63, 3.8) is 0 Å². The van der Waals surface area contributed by atoms with E-state index in [-0.39, 0.29) is 5.91 Å². The van der Waals surface area contributed by atoms with Gasteiger partial charge in [0.25, 0.3) is 0 Å². The summed E-state index contributed by atoms with van der Waals surface area (Å²) >= 11 is 0. The summed E-state index contributed by atoms with van der Waals surface area (Å²) < 4.78 is 0. The maximum Gasteiger partial charge on any atom is 0.220 e. The molecule has 0 spiro atoms. The number of carbonyl (C=O) groups is 1. The minimum atomic E-state index is -0.548. The Kier molecular flexibility index (Phi) is 5.98. The molecule has 1 atom stereocenters. The number of amides is 1. The van der Waals surface area contributed by atoms with Gasteiger partial charge in [-0.05, 0) is 17.5 Å². The predicted molar refractivity (Wildman–Crippen MR) is 83.9 cm³/mol. The van der Waals surface area contributed by atoms with Crippen LogP contribution in [0.5, 0.6) is 0 Å². The zero-order valence-electron chi connectivity index (χ0n) is 12.0. The molecule has 2 N–H and O–H groups in total. The number of hydrogen-bond donors (Lipinski definition) is 2. The normalized spacial score (nSPS) is 11.9. The van der Waals surface area contributed by atoms with Crippen molar-refractivity contribution < 1.29 is 9.90 Å². The highest BCUT2D eigenvalue weighted by atomic mass is 16.3. The fourth-order valence-corrected chi connectivity index (χ4v) is 2.18. The zero-order chi connectivity index (χ0) is 14.9. The van der Waals surface area contributed by atoms with E-state index in [1.807, 2.05) is 60.7 Å². The third-order valence-electron chi connectivity index (χ3n) is 3.33. The van der Waals surface area contributed by atoms with Crippen LogP contribution in [0.2, 0.25) is 0 Å². The maximum atomic E-state index is 11.8. The standard InChI is InChI=1S/C18H21NO2/c20-17(13-16-9-5-2-6-10-16)14-19-18(21)12-11-15-7-3-1-4-8-15/h1-10,17,20H,11-14H2,(H,19,21). The van der Waals surface area contributed by atoms with Crippen LogP contribution in [0.25, 0.3) is 0 Å². The number of aryl methyl sites for hydroxylation is 1. The van der Waals surface area contributed by atoms with Gasteiger partial charge >= 0.3 is 0 Å². The van der Waals surface area contributed by atoms with Crippen LogP contribution in [-0.4, -0.2) is 23.7 Å². The lowest BCUT2D eigenvalue weighted by atomic mass is 10.1. The first-order valence-electron chi connectivity index (χ1n) is 7.26. The molecule has 0 aliphatic rings. The van der Waals surface area contributed by atoms with Gasteiger partial charge in [0.2, 0.25) is 5.91 Å². The van der Waals surface area contributed by atoms with Crippen molar-refractivity contribution in [3.8, 4) is 0 Å². The molecular formula is C18H21NO2. The van der Waals surface area contributed by atoms with Crippen molar-refractivity contribution in [1.82, 2.24) is 5.32 Å². The fourth-order valence-electron chi connectivity index (χ4n) is 2.18. The van der Waals surface area contributed by atoms with Gasteiger partial charge in [0.05, 0.1) is 6.10 Å². The van der Waals surface area contributed by atoms with Crippen molar-refractivity contribution in [2.45, 2.75) is 25.4 Å². The van der Waals surface area contributed by atoms with E-state index in [0.717, 1.165) is 17.5 Å². The molecule has 2 aromatic rings. The summed E-state index contributed by atoms with van der Waals surface area (Å²) in [6.45, 7) is 0.294. The van der Waals surface area contributed by atoms with Crippen molar-refractivity contribution in [1.29, 1.82) is 0 Å². The van der Waals surface area contributed by atoms with Crippen molar-refractivity contribution in [2.75, 3.05) is 6.54 Å². The molecule has 2 aromatic carbocycles. The third-order valence-corrected chi connectivity index (χ3v) is 3.33. The molecule has 1 unspecified atom stereocenters. The summed E-state index contributed by atoms with van der Waals surface area (Å²) in [5, 5.41) is 12.7. The van der Waals surface area contributed by atoms with Crippen LogP contribution in [0.4, 0.5) is 0 Å². The number of aliphatic hydroxyl groups is 1. The molecule has 0 aliphatic carbocycles. The van der Waals surface area contributed by atoms with Crippen molar-refractivity contribution >= 4 is 5.91 Å². The Hall–Kier alpha value is -2.13. The van der Waals surface area contributed by atoms with Crippen LogP contribution in [0, 0.1) is 0 Å². The fraction of sp³-hybridized carbons (Fsp3) is 0.278. The molecule has 1 amide bonds. The summed E-state index contributed by atoms with van der Waals surface area (Å²) in [6.07, 6.45) is 1.18. The van der Waals surface area contributed by atoms with Gasteiger partial charge in [-0.3, -0.25) is 4.79 Å². The molecule has 0 aliphatic heterocycles. The Labute approximate surface area is 125 Å². The summed E-state index contributed by atoms with van der Waals surface area (Å²) in [5.41, 5.74) is 2.22. The lowest BCUT2D eigenvalue weighted by Gasteiger charge is -2.12. The van der Waals surface area contributed by atoms with Crippen molar-refractivity contribution in [2.24, 2.45) is 0 Å². The van der Waals surface area contributed by atoms with E-state index in [1.54, 1.807) is 0 Å². The van der Waals surface area contributed by atoms with Gasteiger partial charge in [-0.1, -0.05) is 60.7 Å². The van der Waals surface area contributed by atoms with E-state index in [2.05, 4.69) is 5.32 Å². The van der Waals surface area contributed by atoms with Gasteiger partial charge in [-0.15, -0.1) is 0 Å². The molecule has 0 saturated carbocycles. The highest BCUT2D eigenvalue weighted by Gasteiger charge is 2.08. The summed E-state index contributed by atoms with van der Waals surface area (Å²) in [4.78, 5) is 11.8. The smallest absolute Gasteiger partial charge is 0.220 e. The lowest BCUT2D eigenvalue weighted by molar-refractivity contribution is -0.121. The number of hydrogen-bond acceptors (Lipinski definition) is 2. The highest BCUT2D eigenvalue weighted by molar-refractivity contribution is 5.76. The Morgan fingerprint density at radius 2 is 1.52 bits per heavy atom. The first-order valence-corrected chi connectivity index (χ1v) is 7.26. The lowest BCUT2D eigenvalue weighted by Crippen LogP contribution is -2.33. The Morgan fingerprint density at radius 1 is 0.952 bits per heavy atom. The van der Waals surface area contributed by atoms with Crippen LogP contribution < -0.4 is 5.32 Å². The first-order chi connectivity index (χ1) is 10.2. The van der Waals surface area contributed by atoms with Crippen LogP contribution in [0.3, 0.4) is 0 Å². The molecule has 0 heterocycles. The first kappa shape index (κ1) is 15.3. The molecule has 0 saturated heterocycles. The van der Waals surface area contributed by atoms with E-state index in [4.69, 9.17) is 0 Å². The second kappa shape index (κ2) is 8.22. The Balaban J connectivity index is 1.66. The number of carbonyl (C=O) groups excluding carboxylic acids is 1. The van der Waals surface area contributed by atoms with Gasteiger partial charge in [0, 0.05) is 19.4 Å². The van der Waals surface area contributed by atoms with Gasteiger partial charge in [-0.2, -0.15) is 0 Å². The number of nitrogens with one attached hydrogen (secondary N) is 1. The Bertz CT molecular complexity index is 540. The topological polar surface area (TPSA) is 49.3 Å². The molecule has 3 heteroatoms. The van der Waals surface area contributed by atoms with Crippen LogP contribution in [-0.2, 0) is 17.6 Å². The monoisotopic (exact) mass is 283 g/mol. The second-order valence-corrected chi connectivity index (χ2v) is 5.13. The number of benzene rings is 2. The largest absolute Gasteiger partial charge is 0.391 e. The highest BCUT2D eigenvalue weighted by Crippen LogP contribution is 2.04. The zero-order valence-corrected chi connectivity index (χ0v) is 12.0. The predicted octanol–water partition coefficient (Wildman–Crippen LogP) is 2.34. The van der Waals surface area contributed by atoms with E-state index >= 15 is 0 Å². The summed E-state index contributed by atoms with van der Waals surface area (Å²) in [6, 6.07) is 19.7. The van der Waals surface area contributed by atoms with Gasteiger partial charge in [0.1, 0.15) is 0 Å².